The lowest BCUT2D eigenvalue weighted by Gasteiger charge is -2.27. The van der Waals surface area contributed by atoms with Crippen LogP contribution in [0.4, 0.5) is 32.0 Å². The molecule has 3 N–H and O–H groups in total. The van der Waals surface area contributed by atoms with Crippen molar-refractivity contribution in [3.05, 3.63) is 112 Å². The highest BCUT2D eigenvalue weighted by Crippen LogP contribution is 2.30. The average molecular weight is 840 g/mol. The molecule has 3 amide bonds. The molecule has 0 saturated carbocycles. The predicted octanol–water partition coefficient (Wildman–Crippen LogP) is 5.65. The Hall–Kier alpha value is -5.46. The lowest BCUT2D eigenvalue weighted by molar-refractivity contribution is -0.193. The number of halogens is 7. The number of alkyl halides is 6. The van der Waals surface area contributed by atoms with E-state index in [2.05, 4.69) is 28.4 Å². The van der Waals surface area contributed by atoms with Crippen LogP contribution >= 0.6 is 11.6 Å². The molecule has 0 spiro atoms. The lowest BCUT2D eigenvalue weighted by Crippen LogP contribution is -2.43. The molecule has 12 nitrogen and oxygen atoms in total. The molecular weight excluding hydrogens is 800 g/mol. The van der Waals surface area contributed by atoms with Crippen molar-refractivity contribution in [2.75, 3.05) is 57.3 Å². The van der Waals surface area contributed by atoms with Crippen LogP contribution in [0.25, 0.3) is 0 Å². The van der Waals surface area contributed by atoms with Crippen molar-refractivity contribution in [2.45, 2.75) is 38.3 Å². The first-order valence-electron chi connectivity index (χ1n) is 17.9. The maximum Gasteiger partial charge on any atom is 0.490 e. The molecule has 6 rings (SSSR count). The number of hydrogen-bond donors (Lipinski definition) is 3. The van der Waals surface area contributed by atoms with Gasteiger partial charge in [0.1, 0.15) is 6.54 Å². The van der Waals surface area contributed by atoms with Crippen LogP contribution in [0.3, 0.4) is 0 Å². The van der Waals surface area contributed by atoms with Gasteiger partial charge in [0.05, 0.1) is 6.54 Å². The van der Waals surface area contributed by atoms with Crippen molar-refractivity contribution in [1.82, 2.24) is 20.0 Å². The van der Waals surface area contributed by atoms with Crippen LogP contribution in [0.5, 0.6) is 0 Å². The Kier molecular flexibility index (Phi) is 15.8. The zero-order valence-corrected chi connectivity index (χ0v) is 31.6. The van der Waals surface area contributed by atoms with E-state index in [1.54, 1.807) is 39.0 Å². The van der Waals surface area contributed by atoms with E-state index < -0.39 is 24.3 Å². The summed E-state index contributed by atoms with van der Waals surface area (Å²) in [7, 11) is 0. The maximum atomic E-state index is 13.9. The third-order valence-corrected chi connectivity index (χ3v) is 9.34. The van der Waals surface area contributed by atoms with Gasteiger partial charge >= 0.3 is 24.3 Å². The summed E-state index contributed by atoms with van der Waals surface area (Å²) < 4.78 is 63.5. The number of nitrogens with zero attached hydrogens (tertiary/aromatic N) is 4. The third kappa shape index (κ3) is 13.3. The Morgan fingerprint density at radius 3 is 1.74 bits per heavy atom. The van der Waals surface area contributed by atoms with Crippen LogP contribution in [0.15, 0.2) is 78.9 Å². The molecule has 0 bridgehead atoms. The Morgan fingerprint density at radius 1 is 0.707 bits per heavy atom. The van der Waals surface area contributed by atoms with Crippen molar-refractivity contribution in [2.24, 2.45) is 0 Å². The Morgan fingerprint density at radius 2 is 1.21 bits per heavy atom. The van der Waals surface area contributed by atoms with E-state index in [4.69, 9.17) is 31.4 Å². The minimum atomic E-state index is -5.08. The van der Waals surface area contributed by atoms with Gasteiger partial charge in [-0.25, -0.2) is 9.59 Å². The fourth-order valence-electron chi connectivity index (χ4n) is 6.09. The number of anilines is 1. The quantitative estimate of drug-likeness (QED) is 0.193. The molecule has 3 aromatic rings. The second-order valence-electron chi connectivity index (χ2n) is 13.3. The standard InChI is InChI=1S/C35H38ClN5O3.2C2HF3O2/c36-31-13-11-29(12-14-31)35(44)40-24-30-10-5-26(4-3-17-38-20-15-37-16-21-38)22-32(30)41(33(42)25-40)23-27-6-8-28(9-7-27)34(43)39-18-1-2-19-39;2*3-2(4,5)1(6)7/h1-2,5-14,22,37H,3-4,15-21,23-25H2;2*(H,6,7). The summed E-state index contributed by atoms with van der Waals surface area (Å²) in [4.78, 5) is 65.7. The average Bonchev–Trinajstić information content (AvgIpc) is 3.69. The van der Waals surface area contributed by atoms with E-state index >= 15 is 0 Å². The van der Waals surface area contributed by atoms with Crippen molar-refractivity contribution >= 4 is 46.9 Å². The van der Waals surface area contributed by atoms with Gasteiger partial charge in [0.25, 0.3) is 11.8 Å². The van der Waals surface area contributed by atoms with E-state index in [0.717, 1.165) is 62.4 Å². The molecule has 0 unspecified atom stereocenters. The predicted molar refractivity (Wildman–Crippen MR) is 200 cm³/mol. The fourth-order valence-corrected chi connectivity index (χ4v) is 6.22. The number of carboxylic acids is 2. The number of amides is 3. The van der Waals surface area contributed by atoms with Crippen LogP contribution in [-0.4, -0.2) is 119 Å². The van der Waals surface area contributed by atoms with Gasteiger partial charge in [0.15, 0.2) is 0 Å². The highest BCUT2D eigenvalue weighted by atomic mass is 35.5. The lowest BCUT2D eigenvalue weighted by atomic mass is 10.0. The molecule has 58 heavy (non-hydrogen) atoms. The number of fused-ring (bicyclic) bond motifs is 1. The number of hydrogen-bond acceptors (Lipinski definition) is 7. The minimum Gasteiger partial charge on any atom is -0.475 e. The highest BCUT2D eigenvalue weighted by Gasteiger charge is 2.39. The van der Waals surface area contributed by atoms with Crippen molar-refractivity contribution in [1.29, 1.82) is 0 Å². The van der Waals surface area contributed by atoms with Crippen LogP contribution in [0.2, 0.25) is 5.02 Å². The zero-order chi connectivity index (χ0) is 42.6. The van der Waals surface area contributed by atoms with Gasteiger partial charge in [-0.05, 0) is 78.5 Å². The first kappa shape index (κ1) is 45.2. The topological polar surface area (TPSA) is 151 Å². The van der Waals surface area contributed by atoms with E-state index in [-0.39, 0.29) is 24.3 Å². The molecule has 3 aromatic carbocycles. The molecule has 3 heterocycles. The van der Waals surface area contributed by atoms with E-state index in [1.807, 2.05) is 36.4 Å². The molecule has 1 fully saturated rings. The number of benzene rings is 3. The van der Waals surface area contributed by atoms with Gasteiger partial charge in [-0.3, -0.25) is 14.4 Å². The number of aliphatic carboxylic acids is 2. The molecule has 0 aliphatic carbocycles. The molecule has 0 aromatic heterocycles. The molecule has 0 atom stereocenters. The summed E-state index contributed by atoms with van der Waals surface area (Å²) in [5.74, 6) is -5.87. The molecular formula is C39H40ClF6N5O7. The molecule has 1 saturated heterocycles. The van der Waals surface area contributed by atoms with Crippen molar-refractivity contribution in [3.8, 4) is 0 Å². The zero-order valence-electron chi connectivity index (χ0n) is 30.9. The van der Waals surface area contributed by atoms with Crippen LogP contribution in [0.1, 0.15) is 43.8 Å². The third-order valence-electron chi connectivity index (χ3n) is 9.09. The maximum absolute atomic E-state index is 13.9. The SMILES string of the molecule is O=C(O)C(F)(F)F.O=C(O)C(F)(F)F.O=C(c1ccc(CN2C(=O)CN(C(=O)c3ccc(Cl)cc3)Cc3ccc(CCCN4CCNCC4)cc32)cc1)N1CC=CC1. The summed E-state index contributed by atoms with van der Waals surface area (Å²) in [5.41, 5.74) is 4.99. The largest absolute Gasteiger partial charge is 0.490 e. The fraction of sp³-hybridized carbons (Fsp3) is 0.359. The molecule has 312 valence electrons. The van der Waals surface area contributed by atoms with Gasteiger partial charge in [-0.1, -0.05) is 48.0 Å². The monoisotopic (exact) mass is 839 g/mol. The molecule has 19 heteroatoms. The second-order valence-corrected chi connectivity index (χ2v) is 13.7. The van der Waals surface area contributed by atoms with Crippen molar-refractivity contribution in [3.63, 3.8) is 0 Å². The van der Waals surface area contributed by atoms with Crippen LogP contribution in [-0.2, 0) is 33.9 Å². The number of carbonyl (C=O) groups excluding carboxylic acids is 3. The van der Waals surface area contributed by atoms with Gasteiger partial charge in [0.2, 0.25) is 5.91 Å². The molecule has 0 radical (unpaired) electrons. The van der Waals surface area contributed by atoms with E-state index in [1.165, 1.54) is 5.56 Å². The number of nitrogens with one attached hydrogen (secondary N) is 1. The number of rotatable bonds is 8. The normalized spacial score (nSPS) is 15.7. The molecule has 3 aliphatic rings. The number of carboxylic acid groups (broad SMARTS) is 2. The second kappa shape index (κ2) is 20.3. The minimum absolute atomic E-state index is 0.000411. The van der Waals surface area contributed by atoms with Crippen LogP contribution < -0.4 is 10.2 Å². The Labute approximate surface area is 334 Å². The van der Waals surface area contributed by atoms with Crippen molar-refractivity contribution < 1.29 is 60.5 Å². The summed E-state index contributed by atoms with van der Waals surface area (Å²) >= 11 is 6.05. The molecule has 3 aliphatic heterocycles. The Balaban J connectivity index is 0.000000456. The number of carbonyl (C=O) groups is 5. The van der Waals surface area contributed by atoms with E-state index in [9.17, 15) is 40.7 Å². The first-order chi connectivity index (χ1) is 27.3. The number of piperazine rings is 1. The highest BCUT2D eigenvalue weighted by molar-refractivity contribution is 6.30. The van der Waals surface area contributed by atoms with Gasteiger partial charge in [0, 0.05) is 67.7 Å². The summed E-state index contributed by atoms with van der Waals surface area (Å²) in [6.45, 7) is 7.15. The number of aryl methyl sites for hydroxylation is 1. The van der Waals surface area contributed by atoms with Gasteiger partial charge in [-0.15, -0.1) is 0 Å². The summed E-state index contributed by atoms with van der Waals surface area (Å²) in [6.07, 6.45) is -4.23. The smallest absolute Gasteiger partial charge is 0.475 e. The van der Waals surface area contributed by atoms with Crippen LogP contribution in [0, 0.1) is 0 Å². The van der Waals surface area contributed by atoms with Gasteiger partial charge < -0.3 is 35.1 Å². The summed E-state index contributed by atoms with van der Waals surface area (Å²) in [6, 6.07) is 20.6. The van der Waals surface area contributed by atoms with E-state index in [0.29, 0.717) is 42.3 Å². The Bertz CT molecular complexity index is 1920. The summed E-state index contributed by atoms with van der Waals surface area (Å²) in [5, 5.41) is 18.2. The van der Waals surface area contributed by atoms with Gasteiger partial charge in [-0.2, -0.15) is 26.3 Å². The first-order valence-corrected chi connectivity index (χ1v) is 18.2.